The van der Waals surface area contributed by atoms with Crippen LogP contribution in [0, 0.1) is 0 Å². The van der Waals surface area contributed by atoms with E-state index in [-0.39, 0.29) is 6.10 Å². The third-order valence-corrected chi connectivity index (χ3v) is 2.84. The predicted molar refractivity (Wildman–Crippen MR) is 52.9 cm³/mol. The van der Waals surface area contributed by atoms with Gasteiger partial charge in [-0.1, -0.05) is 0 Å². The van der Waals surface area contributed by atoms with Gasteiger partial charge >= 0.3 is 8.03 Å². The topological polar surface area (TPSA) is 35.5 Å². The van der Waals surface area contributed by atoms with Gasteiger partial charge in [0.25, 0.3) is 5.34 Å². The fourth-order valence-corrected chi connectivity index (χ4v) is 1.76. The summed E-state index contributed by atoms with van der Waals surface area (Å²) in [5.74, 6) is 0. The summed E-state index contributed by atoms with van der Waals surface area (Å²) in [6.45, 7) is 6.49. The van der Waals surface area contributed by atoms with Crippen molar-refractivity contribution in [2.24, 2.45) is 0 Å². The Labute approximate surface area is 84.3 Å². The molecular weight excluding hydrogens is 214 g/mol. The quantitative estimate of drug-likeness (QED) is 0.447. The fourth-order valence-electron chi connectivity index (χ4n) is 0.599. The molecule has 0 amide bonds. The van der Waals surface area contributed by atoms with Crippen molar-refractivity contribution in [1.29, 1.82) is 0 Å². The van der Waals surface area contributed by atoms with Crippen LogP contribution < -0.4 is 0 Å². The Morgan fingerprint density at radius 1 is 1.46 bits per heavy atom. The predicted octanol–water partition coefficient (Wildman–Crippen LogP) is 3.09. The summed E-state index contributed by atoms with van der Waals surface area (Å²) in [5.41, 5.74) is -1.75. The highest BCUT2D eigenvalue weighted by atomic mass is 32.1. The number of halogens is 1. The highest BCUT2D eigenvalue weighted by Crippen LogP contribution is 2.42. The lowest BCUT2D eigenvalue weighted by Crippen LogP contribution is -2.23. The van der Waals surface area contributed by atoms with Gasteiger partial charge in [-0.15, -0.1) is 17.2 Å². The maximum atomic E-state index is 12.4. The molecule has 0 aliphatic heterocycles. The number of hydrogen-bond donors (Lipinski definition) is 1. The number of ether oxygens (including phenoxy) is 1. The van der Waals surface area contributed by atoms with Crippen LogP contribution in [0.15, 0.2) is 0 Å². The summed E-state index contributed by atoms with van der Waals surface area (Å²) in [6.07, 6.45) is -0.176. The van der Waals surface area contributed by atoms with Crippen molar-refractivity contribution in [2.75, 3.05) is 0 Å². The van der Waals surface area contributed by atoms with Gasteiger partial charge in [0.1, 0.15) is 6.10 Å². The summed E-state index contributed by atoms with van der Waals surface area (Å²) in [4.78, 5) is 0. The third-order valence-electron chi connectivity index (χ3n) is 1.13. The molecule has 0 aromatic heterocycles. The molecule has 0 aliphatic rings. The largest absolute Gasteiger partial charge is 0.543 e. The molecule has 0 radical (unpaired) electrons. The van der Waals surface area contributed by atoms with E-state index >= 15 is 0 Å². The maximum Gasteiger partial charge on any atom is 0.543 e. The molecule has 3 nitrogen and oxygen atoms in total. The molecule has 0 N–H and O–H groups in total. The van der Waals surface area contributed by atoms with Gasteiger partial charge in [-0.05, 0) is 18.4 Å². The van der Waals surface area contributed by atoms with E-state index in [2.05, 4.69) is 17.4 Å². The molecule has 0 aromatic rings. The molecule has 13 heavy (non-hydrogen) atoms. The zero-order valence-electron chi connectivity index (χ0n) is 8.15. The zero-order valence-corrected chi connectivity index (χ0v) is 9.94. The Morgan fingerprint density at radius 2 is 1.92 bits per heavy atom. The van der Waals surface area contributed by atoms with Crippen LogP contribution in [0.5, 0.6) is 0 Å². The van der Waals surface area contributed by atoms with E-state index in [4.69, 9.17) is 4.52 Å². The van der Waals surface area contributed by atoms with E-state index in [0.29, 0.717) is 0 Å². The highest BCUT2D eigenvalue weighted by molar-refractivity contribution is 7.80. The van der Waals surface area contributed by atoms with E-state index in [1.807, 2.05) is 0 Å². The van der Waals surface area contributed by atoms with Gasteiger partial charge in [-0.2, -0.15) is 0 Å². The number of hydrogen-bond acceptors (Lipinski definition) is 4. The highest BCUT2D eigenvalue weighted by Gasteiger charge is 2.45. The van der Waals surface area contributed by atoms with Gasteiger partial charge in [0.05, 0.1) is 0 Å². The van der Waals surface area contributed by atoms with Crippen LogP contribution >= 0.6 is 20.7 Å². The molecule has 0 saturated carbocycles. The average Bonchev–Trinajstić information content (AvgIpc) is 1.81. The molecule has 0 aromatic carbocycles. The van der Waals surface area contributed by atoms with Crippen molar-refractivity contribution in [1.82, 2.24) is 0 Å². The van der Waals surface area contributed by atoms with Crippen molar-refractivity contribution in [3.8, 4) is 0 Å². The molecule has 0 spiro atoms. The molecule has 6 heteroatoms. The Bertz CT molecular complexity index is 185. The second kappa shape index (κ2) is 5.25. The number of rotatable bonds is 5. The Hall–Kier alpha value is 0.300. The SMILES string of the molecule is CC(C)O[P+](=O)C(C)(C)O[C@@H](F)S. The van der Waals surface area contributed by atoms with Crippen molar-refractivity contribution in [3.63, 3.8) is 0 Å². The Balaban J connectivity index is 4.19. The normalized spacial score (nSPS) is 16.1. The van der Waals surface area contributed by atoms with Crippen LogP contribution in [0.4, 0.5) is 4.39 Å². The van der Waals surface area contributed by atoms with Crippen LogP contribution in [0.1, 0.15) is 27.7 Å². The van der Waals surface area contributed by atoms with Crippen molar-refractivity contribution in [3.05, 3.63) is 0 Å². The molecule has 0 bridgehead atoms. The van der Waals surface area contributed by atoms with Crippen LogP contribution in [0.3, 0.4) is 0 Å². The third kappa shape index (κ3) is 5.57. The van der Waals surface area contributed by atoms with E-state index in [1.54, 1.807) is 13.8 Å². The second-order valence-corrected chi connectivity index (χ2v) is 5.48. The first kappa shape index (κ1) is 13.3. The van der Waals surface area contributed by atoms with E-state index < -0.39 is 19.1 Å². The van der Waals surface area contributed by atoms with Gasteiger partial charge < -0.3 is 0 Å². The van der Waals surface area contributed by atoms with Crippen LogP contribution in [-0.4, -0.2) is 17.1 Å². The second-order valence-electron chi connectivity index (χ2n) is 3.27. The Kier molecular flexibility index (Phi) is 5.37. The lowest BCUT2D eigenvalue weighted by molar-refractivity contribution is -0.0416. The molecule has 1 unspecified atom stereocenters. The first-order valence-electron chi connectivity index (χ1n) is 3.90. The fraction of sp³-hybridized carbons (Fsp3) is 1.00. The van der Waals surface area contributed by atoms with E-state index in [9.17, 15) is 8.96 Å². The molecule has 0 rings (SSSR count). The lowest BCUT2D eigenvalue weighted by Gasteiger charge is -2.14. The monoisotopic (exact) mass is 229 g/mol. The Morgan fingerprint density at radius 3 is 2.23 bits per heavy atom. The van der Waals surface area contributed by atoms with Crippen LogP contribution in [0.25, 0.3) is 0 Å². The summed E-state index contributed by atoms with van der Waals surface area (Å²) in [7, 11) is -2.06. The zero-order chi connectivity index (χ0) is 10.6. The molecule has 0 fully saturated rings. The summed E-state index contributed by atoms with van der Waals surface area (Å²) in [5, 5.41) is -1.15. The van der Waals surface area contributed by atoms with Gasteiger partial charge in [0, 0.05) is 13.8 Å². The van der Waals surface area contributed by atoms with Gasteiger partial charge in [0.15, 0.2) is 0 Å². The first-order valence-corrected chi connectivity index (χ1v) is 5.59. The minimum Gasteiger partial charge on any atom is -0.287 e. The summed E-state index contributed by atoms with van der Waals surface area (Å²) < 4.78 is 33.5. The summed E-state index contributed by atoms with van der Waals surface area (Å²) >= 11 is 3.40. The van der Waals surface area contributed by atoms with Gasteiger partial charge in [-0.3, -0.25) is 4.74 Å². The van der Waals surface area contributed by atoms with Gasteiger partial charge in [0.2, 0.25) is 5.69 Å². The average molecular weight is 229 g/mol. The summed E-state index contributed by atoms with van der Waals surface area (Å²) in [6, 6.07) is 0. The van der Waals surface area contributed by atoms with Crippen molar-refractivity contribution >= 4 is 20.7 Å². The van der Waals surface area contributed by atoms with Gasteiger partial charge in [-0.25, -0.2) is 4.39 Å². The number of thiol groups is 1. The first-order chi connectivity index (χ1) is 5.75. The maximum absolute atomic E-state index is 12.4. The van der Waals surface area contributed by atoms with E-state index in [1.165, 1.54) is 13.8 Å². The molecule has 0 heterocycles. The van der Waals surface area contributed by atoms with Crippen LogP contribution in [0.2, 0.25) is 0 Å². The molecular formula is C7H15FO3PS+. The molecule has 0 aliphatic carbocycles. The molecule has 0 saturated heterocycles. The van der Waals surface area contributed by atoms with Crippen LogP contribution in [-0.2, 0) is 13.8 Å². The lowest BCUT2D eigenvalue weighted by atomic mass is 10.5. The van der Waals surface area contributed by atoms with Crippen molar-refractivity contribution in [2.45, 2.75) is 44.8 Å². The molecule has 2 atom stereocenters. The van der Waals surface area contributed by atoms with Crippen molar-refractivity contribution < 1.29 is 18.2 Å². The minimum absolute atomic E-state index is 0.176. The smallest absolute Gasteiger partial charge is 0.287 e. The molecule has 78 valence electrons. The number of alkyl halides is 1. The van der Waals surface area contributed by atoms with E-state index in [0.717, 1.165) is 0 Å². The standard InChI is InChI=1S/C7H14FO3PS/c1-5(2)11-12(9)7(3,4)10-6(8)13/h5-6H,1-4H3/p+1/t6-/m1/s1. The minimum atomic E-state index is -2.06.